The minimum atomic E-state index is -3.56. The molecule has 3 heterocycles. The predicted molar refractivity (Wildman–Crippen MR) is 101 cm³/mol. The summed E-state index contributed by atoms with van der Waals surface area (Å²) in [5, 5.41) is 1.98. The van der Waals surface area contributed by atoms with E-state index in [0.717, 1.165) is 20.0 Å². The SMILES string of the molecule is O=S(=O)(Nc1ccc(-c2cn3ccsc3n2)cc1)c1ccc(Br)s1. The van der Waals surface area contributed by atoms with Gasteiger partial charge in [-0.2, -0.15) is 0 Å². The molecule has 4 aromatic rings. The maximum atomic E-state index is 12.3. The molecule has 24 heavy (non-hydrogen) atoms. The highest BCUT2D eigenvalue weighted by Crippen LogP contribution is 2.28. The van der Waals surface area contributed by atoms with E-state index in [1.54, 1.807) is 35.6 Å². The van der Waals surface area contributed by atoms with Crippen LogP contribution in [0, 0.1) is 0 Å². The molecule has 0 aliphatic heterocycles. The number of thiophene rings is 1. The molecule has 0 fully saturated rings. The number of fused-ring (bicyclic) bond motifs is 1. The van der Waals surface area contributed by atoms with Crippen LogP contribution in [0.15, 0.2) is 62.2 Å². The first-order chi connectivity index (χ1) is 11.5. The molecule has 5 nitrogen and oxygen atoms in total. The van der Waals surface area contributed by atoms with E-state index in [0.29, 0.717) is 5.69 Å². The average molecular weight is 440 g/mol. The van der Waals surface area contributed by atoms with Gasteiger partial charge in [0.15, 0.2) is 4.96 Å². The van der Waals surface area contributed by atoms with E-state index < -0.39 is 10.0 Å². The number of sulfonamides is 1. The molecule has 3 aromatic heterocycles. The van der Waals surface area contributed by atoms with Crippen molar-refractivity contribution in [3.05, 3.63) is 58.0 Å². The molecule has 0 amide bonds. The molecule has 1 N–H and O–H groups in total. The van der Waals surface area contributed by atoms with Crippen LogP contribution in [-0.2, 0) is 10.0 Å². The number of hydrogen-bond acceptors (Lipinski definition) is 5. The molecule has 0 radical (unpaired) electrons. The Hall–Kier alpha value is -1.68. The van der Waals surface area contributed by atoms with Crippen molar-refractivity contribution in [2.24, 2.45) is 0 Å². The van der Waals surface area contributed by atoms with E-state index in [4.69, 9.17) is 0 Å². The highest BCUT2D eigenvalue weighted by molar-refractivity contribution is 9.11. The minimum Gasteiger partial charge on any atom is -0.297 e. The van der Waals surface area contributed by atoms with Gasteiger partial charge in [0.05, 0.1) is 9.48 Å². The standard InChI is InChI=1S/C15H10BrN3O2S3/c16-13-5-6-14(23-13)24(20,21)18-11-3-1-10(2-4-11)12-9-19-7-8-22-15(19)17-12/h1-9,18H. The number of anilines is 1. The first kappa shape index (κ1) is 15.8. The Balaban J connectivity index is 1.58. The van der Waals surface area contributed by atoms with Gasteiger partial charge in [-0.25, -0.2) is 13.4 Å². The van der Waals surface area contributed by atoms with Gasteiger partial charge < -0.3 is 0 Å². The quantitative estimate of drug-likeness (QED) is 0.501. The zero-order valence-corrected chi connectivity index (χ0v) is 16.0. The third kappa shape index (κ3) is 3.00. The van der Waals surface area contributed by atoms with E-state index in [1.807, 2.05) is 34.3 Å². The van der Waals surface area contributed by atoms with Crippen LogP contribution in [0.3, 0.4) is 0 Å². The van der Waals surface area contributed by atoms with Crippen molar-refractivity contribution in [1.82, 2.24) is 9.38 Å². The van der Waals surface area contributed by atoms with Crippen LogP contribution in [0.25, 0.3) is 16.2 Å². The number of nitrogens with zero attached hydrogens (tertiary/aromatic N) is 2. The van der Waals surface area contributed by atoms with Crippen molar-refractivity contribution in [3.8, 4) is 11.3 Å². The summed E-state index contributed by atoms with van der Waals surface area (Å²) in [6, 6.07) is 10.5. The fourth-order valence-corrected chi connectivity index (χ4v) is 5.99. The maximum Gasteiger partial charge on any atom is 0.271 e. The van der Waals surface area contributed by atoms with Crippen molar-refractivity contribution in [2.75, 3.05) is 4.72 Å². The van der Waals surface area contributed by atoms with Crippen LogP contribution in [0.2, 0.25) is 0 Å². The monoisotopic (exact) mass is 439 g/mol. The van der Waals surface area contributed by atoms with Gasteiger partial charge in [-0.05, 0) is 40.2 Å². The molecule has 4 rings (SSSR count). The van der Waals surface area contributed by atoms with Gasteiger partial charge in [0.2, 0.25) is 0 Å². The van der Waals surface area contributed by atoms with E-state index in [-0.39, 0.29) is 4.21 Å². The molecule has 122 valence electrons. The highest BCUT2D eigenvalue weighted by atomic mass is 79.9. The van der Waals surface area contributed by atoms with Gasteiger partial charge >= 0.3 is 0 Å². The second kappa shape index (κ2) is 5.99. The van der Waals surface area contributed by atoms with E-state index in [9.17, 15) is 8.42 Å². The van der Waals surface area contributed by atoms with Crippen LogP contribution >= 0.6 is 38.6 Å². The fraction of sp³-hybridized carbons (Fsp3) is 0. The molecule has 1 aromatic carbocycles. The van der Waals surface area contributed by atoms with Gasteiger partial charge in [0.1, 0.15) is 4.21 Å². The molecule has 0 aliphatic rings. The van der Waals surface area contributed by atoms with Crippen molar-refractivity contribution in [3.63, 3.8) is 0 Å². The summed E-state index contributed by atoms with van der Waals surface area (Å²) >= 11 is 6.02. The molecule has 0 saturated carbocycles. The molecule has 0 aliphatic carbocycles. The first-order valence-electron chi connectivity index (χ1n) is 6.82. The van der Waals surface area contributed by atoms with Crippen molar-refractivity contribution in [2.45, 2.75) is 4.21 Å². The third-order valence-electron chi connectivity index (χ3n) is 3.34. The number of benzene rings is 1. The normalized spacial score (nSPS) is 11.9. The summed E-state index contributed by atoms with van der Waals surface area (Å²) in [4.78, 5) is 5.47. The Morgan fingerprint density at radius 3 is 2.58 bits per heavy atom. The Labute approximate surface area is 154 Å². The number of nitrogens with one attached hydrogen (secondary N) is 1. The Kier molecular flexibility index (Phi) is 3.95. The third-order valence-corrected chi connectivity index (χ3v) is 7.61. The van der Waals surface area contributed by atoms with Crippen LogP contribution in [0.1, 0.15) is 0 Å². The molecule has 0 spiro atoms. The number of halogens is 1. The predicted octanol–water partition coefficient (Wildman–Crippen LogP) is 4.69. The topological polar surface area (TPSA) is 63.5 Å². The van der Waals surface area contributed by atoms with E-state index >= 15 is 0 Å². The second-order valence-electron chi connectivity index (χ2n) is 4.96. The summed E-state index contributed by atoms with van der Waals surface area (Å²) in [5.41, 5.74) is 2.32. The summed E-state index contributed by atoms with van der Waals surface area (Å²) in [6.45, 7) is 0. The number of thiazole rings is 1. The second-order valence-corrected chi connectivity index (χ2v) is 10.2. The smallest absolute Gasteiger partial charge is 0.271 e. The molecular formula is C15H10BrN3O2S3. The van der Waals surface area contributed by atoms with Crippen LogP contribution in [-0.4, -0.2) is 17.8 Å². The molecular weight excluding hydrogens is 430 g/mol. The molecule has 0 unspecified atom stereocenters. The lowest BCUT2D eigenvalue weighted by Gasteiger charge is -2.06. The Bertz CT molecular complexity index is 1080. The van der Waals surface area contributed by atoms with Gasteiger partial charge in [-0.3, -0.25) is 9.12 Å². The summed E-state index contributed by atoms with van der Waals surface area (Å²) in [6.07, 6.45) is 3.91. The van der Waals surface area contributed by atoms with Crippen molar-refractivity contribution in [1.29, 1.82) is 0 Å². The number of rotatable bonds is 4. The van der Waals surface area contributed by atoms with Crippen LogP contribution in [0.4, 0.5) is 5.69 Å². The minimum absolute atomic E-state index is 0.271. The first-order valence-corrected chi connectivity index (χ1v) is 10.8. The summed E-state index contributed by atoms with van der Waals surface area (Å²) in [7, 11) is -3.56. The highest BCUT2D eigenvalue weighted by Gasteiger charge is 2.16. The Morgan fingerprint density at radius 1 is 1.12 bits per heavy atom. The van der Waals surface area contributed by atoms with Gasteiger partial charge in [0, 0.05) is 29.0 Å². The summed E-state index contributed by atoms with van der Waals surface area (Å²) in [5.74, 6) is 0. The lowest BCUT2D eigenvalue weighted by Crippen LogP contribution is -2.11. The van der Waals surface area contributed by atoms with Gasteiger partial charge in [-0.1, -0.05) is 12.1 Å². The fourth-order valence-electron chi connectivity index (χ4n) is 2.22. The van der Waals surface area contributed by atoms with Crippen LogP contribution < -0.4 is 4.72 Å². The largest absolute Gasteiger partial charge is 0.297 e. The van der Waals surface area contributed by atoms with E-state index in [1.165, 1.54) is 11.3 Å². The molecule has 0 atom stereocenters. The van der Waals surface area contributed by atoms with Crippen LogP contribution in [0.5, 0.6) is 0 Å². The molecule has 0 saturated heterocycles. The maximum absolute atomic E-state index is 12.3. The number of aromatic nitrogens is 2. The molecule has 0 bridgehead atoms. The zero-order chi connectivity index (χ0) is 16.7. The van der Waals surface area contributed by atoms with Gasteiger partial charge in [-0.15, -0.1) is 22.7 Å². The lowest BCUT2D eigenvalue weighted by molar-refractivity contribution is 0.603. The summed E-state index contributed by atoms with van der Waals surface area (Å²) < 4.78 is 30.2. The van der Waals surface area contributed by atoms with Crippen molar-refractivity contribution >= 4 is 59.3 Å². The lowest BCUT2D eigenvalue weighted by atomic mass is 10.1. The molecule has 9 heteroatoms. The van der Waals surface area contributed by atoms with Gasteiger partial charge in [0.25, 0.3) is 10.0 Å². The van der Waals surface area contributed by atoms with E-state index in [2.05, 4.69) is 25.6 Å². The number of imidazole rings is 1. The Morgan fingerprint density at radius 2 is 1.92 bits per heavy atom. The number of hydrogen-bond donors (Lipinski definition) is 1. The zero-order valence-electron chi connectivity index (χ0n) is 12.0. The van der Waals surface area contributed by atoms with Crippen molar-refractivity contribution < 1.29 is 8.42 Å². The average Bonchev–Trinajstić information content (AvgIpc) is 3.23.